The number of benzene rings is 11. The summed E-state index contributed by atoms with van der Waals surface area (Å²) in [4.78, 5) is 15.9. The zero-order valence-corrected chi connectivity index (χ0v) is 36.3. The first-order valence-corrected chi connectivity index (χ1v) is 23.2. The largest absolute Gasteiger partial charge is 0.309 e. The van der Waals surface area contributed by atoms with Crippen LogP contribution in [0.25, 0.3) is 136 Å². The summed E-state index contributed by atoms with van der Waals surface area (Å²) in [5.41, 5.74) is 8.48. The van der Waals surface area contributed by atoms with Crippen LogP contribution in [0.4, 0.5) is 0 Å². The molecule has 0 radical (unpaired) electrons. The van der Waals surface area contributed by atoms with Crippen LogP contribution in [0, 0.1) is 0 Å². The Morgan fingerprint density at radius 2 is 0.924 bits per heavy atom. The van der Waals surface area contributed by atoms with Crippen molar-refractivity contribution in [3.8, 4) is 51.0 Å². The van der Waals surface area contributed by atoms with E-state index in [0.717, 1.165) is 49.9 Å². The number of aromatic nitrogens is 4. The molecule has 0 bridgehead atoms. The number of rotatable bonds is 5. The van der Waals surface area contributed by atoms with Gasteiger partial charge in [-0.1, -0.05) is 164 Å². The Hall–Kier alpha value is -8.51. The Kier molecular flexibility index (Phi) is 8.12. The number of thiophene rings is 1. The molecule has 14 rings (SSSR count). The van der Waals surface area contributed by atoms with Gasteiger partial charge < -0.3 is 4.57 Å². The molecule has 306 valence electrons. The van der Waals surface area contributed by atoms with Crippen LogP contribution < -0.4 is 0 Å². The first-order chi connectivity index (χ1) is 32.7. The fourth-order valence-electron chi connectivity index (χ4n) is 10.3. The van der Waals surface area contributed by atoms with Crippen molar-refractivity contribution < 1.29 is 0 Å². The van der Waals surface area contributed by atoms with Crippen LogP contribution in [-0.4, -0.2) is 19.5 Å². The Balaban J connectivity index is 1.07. The highest BCUT2D eigenvalue weighted by molar-refractivity contribution is 7.26. The molecule has 0 unspecified atom stereocenters. The molecular weight excluding hydrogens is 821 g/mol. The fourth-order valence-corrected chi connectivity index (χ4v) is 11.5. The smallest absolute Gasteiger partial charge is 0.164 e. The third-order valence-corrected chi connectivity index (χ3v) is 14.5. The van der Waals surface area contributed by atoms with Crippen molar-refractivity contribution in [2.24, 2.45) is 0 Å². The molecule has 0 amide bonds. The molecule has 3 heterocycles. The summed E-state index contributed by atoms with van der Waals surface area (Å²) in [5.74, 6) is 1.88. The molecule has 0 aliphatic carbocycles. The van der Waals surface area contributed by atoms with E-state index >= 15 is 0 Å². The lowest BCUT2D eigenvalue weighted by Gasteiger charge is -2.17. The van der Waals surface area contributed by atoms with Crippen molar-refractivity contribution >= 4 is 96.4 Å². The molecule has 5 heteroatoms. The monoisotopic (exact) mass is 856 g/mol. The Bertz CT molecular complexity index is 4300. The van der Waals surface area contributed by atoms with Crippen molar-refractivity contribution in [3.63, 3.8) is 0 Å². The SMILES string of the molecule is c1ccc(-c2nc(-c3ccc(-n4c5ccccc5c5cc6ccccc6cc54)c(-c4cccc5sc6cc7ccccc7cc6c45)c3)nc(-c3cccc4c3ccc3ccccc34)n2)cc1. The minimum atomic E-state index is 0.617. The summed E-state index contributed by atoms with van der Waals surface area (Å²) in [7, 11) is 0. The van der Waals surface area contributed by atoms with E-state index in [1.807, 2.05) is 29.5 Å². The first kappa shape index (κ1) is 36.9. The predicted molar refractivity (Wildman–Crippen MR) is 279 cm³/mol. The maximum absolute atomic E-state index is 5.40. The van der Waals surface area contributed by atoms with Crippen LogP contribution in [-0.2, 0) is 0 Å². The van der Waals surface area contributed by atoms with Crippen LogP contribution in [0.15, 0.2) is 218 Å². The van der Waals surface area contributed by atoms with E-state index < -0.39 is 0 Å². The van der Waals surface area contributed by atoms with Gasteiger partial charge in [0, 0.05) is 53.2 Å². The van der Waals surface area contributed by atoms with E-state index in [0.29, 0.717) is 17.5 Å². The van der Waals surface area contributed by atoms with Gasteiger partial charge in [-0.05, 0) is 103 Å². The second-order valence-corrected chi connectivity index (χ2v) is 18.2. The van der Waals surface area contributed by atoms with Gasteiger partial charge in [0.15, 0.2) is 17.5 Å². The summed E-state index contributed by atoms with van der Waals surface area (Å²) >= 11 is 1.86. The lowest BCUT2D eigenvalue weighted by atomic mass is 9.95. The normalized spacial score (nSPS) is 11.9. The van der Waals surface area contributed by atoms with Gasteiger partial charge in [0.1, 0.15) is 0 Å². The molecular formula is C61H36N4S. The summed E-state index contributed by atoms with van der Waals surface area (Å²) < 4.78 is 4.99. The minimum Gasteiger partial charge on any atom is -0.309 e. The van der Waals surface area contributed by atoms with Gasteiger partial charge in [0.2, 0.25) is 0 Å². The molecule has 0 atom stereocenters. The number of nitrogens with zero attached hydrogens (tertiary/aromatic N) is 4. The highest BCUT2D eigenvalue weighted by atomic mass is 32.1. The van der Waals surface area contributed by atoms with Gasteiger partial charge in [0.25, 0.3) is 0 Å². The molecule has 0 aliphatic rings. The third kappa shape index (κ3) is 5.74. The van der Waals surface area contributed by atoms with Crippen molar-refractivity contribution in [2.45, 2.75) is 0 Å². The number of para-hydroxylation sites is 1. The second-order valence-electron chi connectivity index (χ2n) is 17.1. The van der Waals surface area contributed by atoms with E-state index in [1.165, 1.54) is 68.6 Å². The van der Waals surface area contributed by atoms with Gasteiger partial charge in [-0.3, -0.25) is 0 Å². The zero-order chi connectivity index (χ0) is 43.3. The number of fused-ring (bicyclic) bond motifs is 11. The highest BCUT2D eigenvalue weighted by Gasteiger charge is 2.22. The molecule has 66 heavy (non-hydrogen) atoms. The summed E-state index contributed by atoms with van der Waals surface area (Å²) in [6.07, 6.45) is 0. The standard InChI is InChI=1S/C61H36N4S/c1-2-15-38(16-3-1)59-62-60(64-61(63-59)49-25-12-23-45-44-21-9-8-14-37(44)28-30-46(45)49)43-29-31-54(65-53-26-11-10-22-47(53)50-32-39-17-4-6-19-41(39)35-55(50)65)51(34-43)48-24-13-27-56-58(48)52-33-40-18-5-7-20-42(40)36-57(52)66-56/h1-36H. The molecule has 0 spiro atoms. The van der Waals surface area contributed by atoms with E-state index in [1.54, 1.807) is 0 Å². The quantitative estimate of drug-likeness (QED) is 0.162. The molecule has 14 aromatic rings. The average molecular weight is 857 g/mol. The van der Waals surface area contributed by atoms with Crippen molar-refractivity contribution in [1.82, 2.24) is 19.5 Å². The highest BCUT2D eigenvalue weighted by Crippen LogP contribution is 2.46. The third-order valence-electron chi connectivity index (χ3n) is 13.4. The van der Waals surface area contributed by atoms with E-state index in [2.05, 4.69) is 205 Å². The van der Waals surface area contributed by atoms with Gasteiger partial charge in [-0.15, -0.1) is 11.3 Å². The fraction of sp³-hybridized carbons (Fsp3) is 0. The first-order valence-electron chi connectivity index (χ1n) is 22.3. The van der Waals surface area contributed by atoms with Crippen LogP contribution in [0.5, 0.6) is 0 Å². The van der Waals surface area contributed by atoms with Gasteiger partial charge in [0.05, 0.1) is 16.7 Å². The summed E-state index contributed by atoms with van der Waals surface area (Å²) in [5, 5.41) is 14.5. The van der Waals surface area contributed by atoms with Crippen LogP contribution >= 0.6 is 11.3 Å². The van der Waals surface area contributed by atoms with Crippen LogP contribution in [0.1, 0.15) is 0 Å². The Morgan fingerprint density at radius 1 is 0.303 bits per heavy atom. The number of hydrogen-bond acceptors (Lipinski definition) is 4. The Labute approximate surface area is 383 Å². The average Bonchev–Trinajstić information content (AvgIpc) is 3.91. The zero-order valence-electron chi connectivity index (χ0n) is 35.5. The maximum atomic E-state index is 5.40. The van der Waals surface area contributed by atoms with Crippen molar-refractivity contribution in [2.75, 3.05) is 0 Å². The Morgan fingerprint density at radius 3 is 1.74 bits per heavy atom. The second kappa shape index (κ2) is 14.5. The van der Waals surface area contributed by atoms with Gasteiger partial charge in [-0.2, -0.15) is 0 Å². The molecule has 0 saturated heterocycles. The molecule has 0 saturated carbocycles. The van der Waals surface area contributed by atoms with Crippen LogP contribution in [0.3, 0.4) is 0 Å². The van der Waals surface area contributed by atoms with Gasteiger partial charge >= 0.3 is 0 Å². The maximum Gasteiger partial charge on any atom is 0.164 e. The summed E-state index contributed by atoms with van der Waals surface area (Å²) in [6.45, 7) is 0. The van der Waals surface area contributed by atoms with Crippen LogP contribution in [0.2, 0.25) is 0 Å². The van der Waals surface area contributed by atoms with E-state index in [-0.39, 0.29) is 0 Å². The number of hydrogen-bond donors (Lipinski definition) is 0. The molecule has 11 aromatic carbocycles. The molecule has 3 aromatic heterocycles. The molecule has 0 aliphatic heterocycles. The minimum absolute atomic E-state index is 0.617. The van der Waals surface area contributed by atoms with E-state index in [9.17, 15) is 0 Å². The molecule has 4 nitrogen and oxygen atoms in total. The molecule has 0 N–H and O–H groups in total. The summed E-state index contributed by atoms with van der Waals surface area (Å²) in [6, 6.07) is 78.8. The topological polar surface area (TPSA) is 43.6 Å². The lowest BCUT2D eigenvalue weighted by Crippen LogP contribution is -2.02. The van der Waals surface area contributed by atoms with Crippen molar-refractivity contribution in [3.05, 3.63) is 218 Å². The molecule has 0 fully saturated rings. The lowest BCUT2D eigenvalue weighted by molar-refractivity contribution is 1.07. The van der Waals surface area contributed by atoms with Crippen molar-refractivity contribution in [1.29, 1.82) is 0 Å². The predicted octanol–water partition coefficient (Wildman–Crippen LogP) is 16.6. The van der Waals surface area contributed by atoms with Gasteiger partial charge in [-0.25, -0.2) is 15.0 Å². The van der Waals surface area contributed by atoms with E-state index in [4.69, 9.17) is 15.0 Å².